The lowest BCUT2D eigenvalue weighted by molar-refractivity contribution is -0.119. The van der Waals surface area contributed by atoms with E-state index in [0.717, 1.165) is 19.4 Å². The standard InChI is InChI=1S/C14H17BrN2O3/c1-8-4-5-16-12(6-8)13(18)17-11-7-9(14(19)20)2-3-10(11)15/h2-3,7-8,12,16H,4-6H2,1H3,(H,17,18)(H,19,20). The van der Waals surface area contributed by atoms with Gasteiger partial charge in [-0.3, -0.25) is 4.79 Å². The van der Waals surface area contributed by atoms with Gasteiger partial charge in [0.15, 0.2) is 0 Å². The van der Waals surface area contributed by atoms with Crippen LogP contribution >= 0.6 is 15.9 Å². The summed E-state index contributed by atoms with van der Waals surface area (Å²) in [5, 5.41) is 14.9. The molecule has 0 saturated carbocycles. The predicted octanol–water partition coefficient (Wildman–Crippen LogP) is 2.47. The first-order chi connectivity index (χ1) is 9.47. The van der Waals surface area contributed by atoms with Crippen molar-refractivity contribution in [3.63, 3.8) is 0 Å². The number of halogens is 1. The highest BCUT2D eigenvalue weighted by atomic mass is 79.9. The molecule has 0 aliphatic carbocycles. The van der Waals surface area contributed by atoms with E-state index in [1.54, 1.807) is 6.07 Å². The van der Waals surface area contributed by atoms with Crippen LogP contribution in [0.25, 0.3) is 0 Å². The number of rotatable bonds is 3. The third-order valence-electron chi connectivity index (χ3n) is 3.45. The second kappa shape index (κ2) is 6.37. The van der Waals surface area contributed by atoms with E-state index in [-0.39, 0.29) is 17.5 Å². The molecule has 1 heterocycles. The van der Waals surface area contributed by atoms with E-state index in [1.807, 2.05) is 0 Å². The zero-order valence-electron chi connectivity index (χ0n) is 11.1. The molecule has 2 unspecified atom stereocenters. The molecule has 1 aromatic carbocycles. The normalized spacial score (nSPS) is 22.3. The van der Waals surface area contributed by atoms with Gasteiger partial charge < -0.3 is 15.7 Å². The van der Waals surface area contributed by atoms with Crippen molar-refractivity contribution in [1.29, 1.82) is 0 Å². The minimum Gasteiger partial charge on any atom is -0.478 e. The summed E-state index contributed by atoms with van der Waals surface area (Å²) in [5.74, 6) is -0.627. The fourth-order valence-corrected chi connectivity index (χ4v) is 2.63. The van der Waals surface area contributed by atoms with Crippen LogP contribution in [0.3, 0.4) is 0 Å². The molecule has 1 saturated heterocycles. The van der Waals surface area contributed by atoms with Gasteiger partial charge in [-0.25, -0.2) is 4.79 Å². The maximum Gasteiger partial charge on any atom is 0.335 e. The average Bonchev–Trinajstić information content (AvgIpc) is 2.41. The van der Waals surface area contributed by atoms with Crippen LogP contribution in [0.5, 0.6) is 0 Å². The van der Waals surface area contributed by atoms with Crippen LogP contribution in [-0.2, 0) is 4.79 Å². The smallest absolute Gasteiger partial charge is 0.335 e. The van der Waals surface area contributed by atoms with Crippen LogP contribution in [-0.4, -0.2) is 29.6 Å². The van der Waals surface area contributed by atoms with E-state index < -0.39 is 5.97 Å². The second-order valence-electron chi connectivity index (χ2n) is 5.13. The van der Waals surface area contributed by atoms with E-state index in [2.05, 4.69) is 33.5 Å². The van der Waals surface area contributed by atoms with Gasteiger partial charge in [0.1, 0.15) is 0 Å². The summed E-state index contributed by atoms with van der Waals surface area (Å²) < 4.78 is 0.666. The molecule has 6 heteroatoms. The Bertz CT molecular complexity index is 533. The minimum absolute atomic E-state index is 0.125. The summed E-state index contributed by atoms with van der Waals surface area (Å²) in [4.78, 5) is 23.2. The monoisotopic (exact) mass is 340 g/mol. The molecule has 2 rings (SSSR count). The summed E-state index contributed by atoms with van der Waals surface area (Å²) in [6, 6.07) is 4.34. The Labute approximate surface area is 125 Å². The summed E-state index contributed by atoms with van der Waals surface area (Å²) in [5.41, 5.74) is 0.628. The lowest BCUT2D eigenvalue weighted by Gasteiger charge is -2.27. The van der Waals surface area contributed by atoms with Gasteiger partial charge in [0, 0.05) is 4.47 Å². The SMILES string of the molecule is CC1CCNC(C(=O)Nc2cc(C(=O)O)ccc2Br)C1. The number of nitrogens with one attached hydrogen (secondary N) is 2. The van der Waals surface area contributed by atoms with Crippen LogP contribution in [0.1, 0.15) is 30.1 Å². The number of benzene rings is 1. The fourth-order valence-electron chi connectivity index (χ4n) is 2.28. The Balaban J connectivity index is 2.10. The highest BCUT2D eigenvalue weighted by molar-refractivity contribution is 9.10. The number of piperidine rings is 1. The van der Waals surface area contributed by atoms with Crippen molar-refractivity contribution < 1.29 is 14.7 Å². The van der Waals surface area contributed by atoms with E-state index in [4.69, 9.17) is 5.11 Å². The lowest BCUT2D eigenvalue weighted by atomic mass is 9.94. The van der Waals surface area contributed by atoms with Crippen LogP contribution in [0, 0.1) is 5.92 Å². The van der Waals surface area contributed by atoms with Gasteiger partial charge in [-0.1, -0.05) is 6.92 Å². The molecule has 1 aliphatic rings. The van der Waals surface area contributed by atoms with E-state index >= 15 is 0 Å². The molecule has 0 radical (unpaired) electrons. The Morgan fingerprint density at radius 2 is 2.20 bits per heavy atom. The minimum atomic E-state index is -1.02. The van der Waals surface area contributed by atoms with Crippen LogP contribution in [0.15, 0.2) is 22.7 Å². The fraction of sp³-hybridized carbons (Fsp3) is 0.429. The summed E-state index contributed by atoms with van der Waals surface area (Å²) in [7, 11) is 0. The van der Waals surface area contributed by atoms with Crippen molar-refractivity contribution in [2.75, 3.05) is 11.9 Å². The molecular weight excluding hydrogens is 324 g/mol. The number of amides is 1. The van der Waals surface area contributed by atoms with Crippen LogP contribution in [0.2, 0.25) is 0 Å². The highest BCUT2D eigenvalue weighted by Crippen LogP contribution is 2.25. The first kappa shape index (κ1) is 15.0. The average molecular weight is 341 g/mol. The van der Waals surface area contributed by atoms with Gasteiger partial charge in [-0.15, -0.1) is 0 Å². The number of carboxylic acid groups (broad SMARTS) is 1. The van der Waals surface area contributed by atoms with Crippen molar-refractivity contribution in [1.82, 2.24) is 5.32 Å². The van der Waals surface area contributed by atoms with Gasteiger partial charge in [-0.2, -0.15) is 0 Å². The first-order valence-corrected chi connectivity index (χ1v) is 7.33. The van der Waals surface area contributed by atoms with E-state index in [9.17, 15) is 9.59 Å². The number of carboxylic acids is 1. The Morgan fingerprint density at radius 3 is 2.85 bits per heavy atom. The molecule has 3 N–H and O–H groups in total. The molecule has 108 valence electrons. The van der Waals surface area contributed by atoms with Crippen LogP contribution < -0.4 is 10.6 Å². The van der Waals surface area contributed by atoms with Crippen molar-refractivity contribution in [3.8, 4) is 0 Å². The number of hydrogen-bond donors (Lipinski definition) is 3. The van der Waals surface area contributed by atoms with Crippen molar-refractivity contribution in [3.05, 3.63) is 28.2 Å². The van der Waals surface area contributed by atoms with Gasteiger partial charge in [0.05, 0.1) is 17.3 Å². The molecule has 1 aliphatic heterocycles. The number of carbonyl (C=O) groups is 2. The molecule has 1 fully saturated rings. The molecule has 1 aromatic rings. The number of hydrogen-bond acceptors (Lipinski definition) is 3. The lowest BCUT2D eigenvalue weighted by Crippen LogP contribution is -2.45. The van der Waals surface area contributed by atoms with E-state index in [0.29, 0.717) is 16.1 Å². The molecule has 0 bridgehead atoms. The third kappa shape index (κ3) is 3.58. The maximum absolute atomic E-state index is 12.2. The van der Waals surface area contributed by atoms with Crippen molar-refractivity contribution in [2.45, 2.75) is 25.8 Å². The zero-order chi connectivity index (χ0) is 14.7. The number of carbonyl (C=O) groups excluding carboxylic acids is 1. The summed E-state index contributed by atoms with van der Waals surface area (Å²) >= 11 is 3.32. The quantitative estimate of drug-likeness (QED) is 0.789. The Morgan fingerprint density at radius 1 is 1.45 bits per heavy atom. The van der Waals surface area contributed by atoms with Crippen LogP contribution in [0.4, 0.5) is 5.69 Å². The Kier molecular flexibility index (Phi) is 4.77. The second-order valence-corrected chi connectivity index (χ2v) is 5.98. The number of aromatic carboxylic acids is 1. The maximum atomic E-state index is 12.2. The molecule has 0 spiro atoms. The molecule has 2 atom stereocenters. The molecular formula is C14H17BrN2O3. The summed E-state index contributed by atoms with van der Waals surface area (Å²) in [6.45, 7) is 2.96. The topological polar surface area (TPSA) is 78.4 Å². The van der Waals surface area contributed by atoms with Gasteiger partial charge in [-0.05, 0) is 59.4 Å². The Hall–Kier alpha value is -1.40. The van der Waals surface area contributed by atoms with Crippen molar-refractivity contribution >= 4 is 33.5 Å². The van der Waals surface area contributed by atoms with Gasteiger partial charge in [0.2, 0.25) is 5.91 Å². The summed E-state index contributed by atoms with van der Waals surface area (Å²) in [6.07, 6.45) is 1.87. The van der Waals surface area contributed by atoms with Crippen molar-refractivity contribution in [2.24, 2.45) is 5.92 Å². The van der Waals surface area contributed by atoms with Gasteiger partial charge in [0.25, 0.3) is 0 Å². The number of anilines is 1. The first-order valence-electron chi connectivity index (χ1n) is 6.54. The van der Waals surface area contributed by atoms with Gasteiger partial charge >= 0.3 is 5.97 Å². The molecule has 5 nitrogen and oxygen atoms in total. The van der Waals surface area contributed by atoms with E-state index in [1.165, 1.54) is 12.1 Å². The third-order valence-corrected chi connectivity index (χ3v) is 4.15. The molecule has 0 aromatic heterocycles. The molecule has 1 amide bonds. The largest absolute Gasteiger partial charge is 0.478 e. The highest BCUT2D eigenvalue weighted by Gasteiger charge is 2.25. The zero-order valence-corrected chi connectivity index (χ0v) is 12.7. The molecule has 20 heavy (non-hydrogen) atoms. The predicted molar refractivity (Wildman–Crippen MR) is 79.9 cm³/mol.